The van der Waals surface area contributed by atoms with Gasteiger partial charge in [-0.3, -0.25) is 14.7 Å². The maximum Gasteiger partial charge on any atom is 0.318 e. The number of fused-ring (bicyclic) bond motifs is 4. The quantitative estimate of drug-likeness (QED) is 0.176. The SMILES string of the molecule is C#Cc1c(F)ccc2cc(O)cc(-c3ncc4c(N5CC6CCC(C5)N6C/C(OC=O)=C(\C)OC)nc(OC)nc4c3F)c12. The number of methoxy groups -OCH3 is 2. The first kappa shape index (κ1) is 29.1. The van der Waals surface area contributed by atoms with Crippen LogP contribution in [0.2, 0.25) is 0 Å². The Labute approximate surface area is 251 Å². The first-order chi connectivity index (χ1) is 21.3. The van der Waals surface area contributed by atoms with Gasteiger partial charge < -0.3 is 24.2 Å². The number of piperazine rings is 1. The molecule has 44 heavy (non-hydrogen) atoms. The Morgan fingerprint density at radius 1 is 1.18 bits per heavy atom. The van der Waals surface area contributed by atoms with E-state index in [0.29, 0.717) is 54.2 Å². The van der Waals surface area contributed by atoms with Crippen LogP contribution in [0, 0.1) is 24.0 Å². The highest BCUT2D eigenvalue weighted by atomic mass is 19.1. The summed E-state index contributed by atoms with van der Waals surface area (Å²) >= 11 is 0. The largest absolute Gasteiger partial charge is 0.508 e. The lowest BCUT2D eigenvalue weighted by Gasteiger charge is -2.41. The first-order valence-electron chi connectivity index (χ1n) is 13.9. The highest BCUT2D eigenvalue weighted by molar-refractivity contribution is 6.03. The number of phenolic OH excluding ortho intramolecular Hbond substituents is 1. The standard InChI is InChI=1S/C32H29F2N5O5/c1-5-22-25(33)9-6-18-10-21(41)11-23(27(18)22)29-28(34)30-24(12-35-29)31(37-32(36-30)43-4)38-13-19-7-8-20(14-38)39(19)15-26(44-16-40)17(2)42-3/h1,6,9-12,16,19-20,41H,7-8,13-15H2,2-4H3/b26-17-. The summed E-state index contributed by atoms with van der Waals surface area (Å²) in [5.41, 5.74) is -0.127. The topological polar surface area (TPSA) is 110 Å². The lowest BCUT2D eigenvalue weighted by Crippen LogP contribution is -2.54. The lowest BCUT2D eigenvalue weighted by molar-refractivity contribution is -0.126. The van der Waals surface area contributed by atoms with Gasteiger partial charge in [0, 0.05) is 42.3 Å². The van der Waals surface area contributed by atoms with Crippen LogP contribution in [-0.2, 0) is 14.3 Å². The normalized spacial score (nSPS) is 18.7. The molecule has 0 spiro atoms. The number of hydrogen-bond donors (Lipinski definition) is 1. The summed E-state index contributed by atoms with van der Waals surface area (Å²) in [7, 11) is 2.92. The number of allylic oxidation sites excluding steroid dienone is 1. The van der Waals surface area contributed by atoms with Crippen molar-refractivity contribution in [2.45, 2.75) is 31.8 Å². The smallest absolute Gasteiger partial charge is 0.318 e. The molecule has 4 heterocycles. The van der Waals surface area contributed by atoms with Crippen LogP contribution in [0.3, 0.4) is 0 Å². The molecule has 4 aromatic rings. The summed E-state index contributed by atoms with van der Waals surface area (Å²) in [6, 6.07) is 5.57. The van der Waals surface area contributed by atoms with Gasteiger partial charge >= 0.3 is 6.01 Å². The number of terminal acetylenes is 1. The van der Waals surface area contributed by atoms with Crippen molar-refractivity contribution in [1.82, 2.24) is 19.9 Å². The number of aromatic nitrogens is 3. The molecule has 226 valence electrons. The van der Waals surface area contributed by atoms with Gasteiger partial charge in [0.15, 0.2) is 11.6 Å². The predicted molar refractivity (Wildman–Crippen MR) is 159 cm³/mol. The van der Waals surface area contributed by atoms with Crippen molar-refractivity contribution in [2.75, 3.05) is 38.8 Å². The molecule has 10 nitrogen and oxygen atoms in total. The number of halogens is 2. The van der Waals surface area contributed by atoms with Crippen molar-refractivity contribution in [3.8, 4) is 35.4 Å². The van der Waals surface area contributed by atoms with E-state index in [1.54, 1.807) is 6.92 Å². The molecule has 0 radical (unpaired) electrons. The molecule has 2 saturated heterocycles. The zero-order valence-corrected chi connectivity index (χ0v) is 24.3. The molecule has 6 rings (SSSR count). The van der Waals surface area contributed by atoms with Crippen LogP contribution in [0.25, 0.3) is 32.9 Å². The Hall–Kier alpha value is -5.02. The minimum atomic E-state index is -0.791. The molecule has 2 aliphatic rings. The number of carbonyl (C=O) groups excluding carboxylic acids is 1. The van der Waals surface area contributed by atoms with E-state index in [1.165, 1.54) is 44.7 Å². The Morgan fingerprint density at radius 2 is 1.93 bits per heavy atom. The Morgan fingerprint density at radius 3 is 2.59 bits per heavy atom. The second-order valence-corrected chi connectivity index (χ2v) is 10.7. The van der Waals surface area contributed by atoms with Gasteiger partial charge in [-0.2, -0.15) is 9.97 Å². The molecule has 0 amide bonds. The van der Waals surface area contributed by atoms with Crippen molar-refractivity contribution < 1.29 is 32.9 Å². The summed E-state index contributed by atoms with van der Waals surface area (Å²) < 4.78 is 47.0. The van der Waals surface area contributed by atoms with E-state index in [0.717, 1.165) is 12.8 Å². The van der Waals surface area contributed by atoms with Crippen molar-refractivity contribution in [2.24, 2.45) is 0 Å². The van der Waals surface area contributed by atoms with Gasteiger partial charge in [0.1, 0.15) is 34.4 Å². The number of pyridine rings is 1. The third-order valence-corrected chi connectivity index (χ3v) is 8.43. The van der Waals surface area contributed by atoms with Crippen LogP contribution in [0.5, 0.6) is 11.8 Å². The van der Waals surface area contributed by atoms with Crippen LogP contribution in [0.15, 0.2) is 42.0 Å². The van der Waals surface area contributed by atoms with Crippen LogP contribution >= 0.6 is 0 Å². The molecule has 2 aromatic heterocycles. The van der Waals surface area contributed by atoms with Crippen molar-refractivity contribution >= 4 is 34.0 Å². The second-order valence-electron chi connectivity index (χ2n) is 10.7. The predicted octanol–water partition coefficient (Wildman–Crippen LogP) is 4.52. The summed E-state index contributed by atoms with van der Waals surface area (Å²) in [6.07, 6.45) is 8.93. The molecular weight excluding hydrogens is 572 g/mol. The molecule has 12 heteroatoms. The molecule has 2 atom stereocenters. The summed E-state index contributed by atoms with van der Waals surface area (Å²) in [5.74, 6) is 2.19. The number of anilines is 1. The van der Waals surface area contributed by atoms with E-state index in [9.17, 15) is 14.3 Å². The average Bonchev–Trinajstić information content (AvgIpc) is 3.25. The fourth-order valence-corrected chi connectivity index (χ4v) is 6.29. The Kier molecular flexibility index (Phi) is 7.65. The van der Waals surface area contributed by atoms with E-state index < -0.39 is 11.6 Å². The average molecular weight is 602 g/mol. The molecule has 2 fully saturated rings. The summed E-state index contributed by atoms with van der Waals surface area (Å²) in [4.78, 5) is 28.8. The Balaban J connectivity index is 1.42. The minimum Gasteiger partial charge on any atom is -0.508 e. The molecule has 2 bridgehead atoms. The number of aromatic hydroxyl groups is 1. The van der Waals surface area contributed by atoms with E-state index in [4.69, 9.17) is 20.6 Å². The van der Waals surface area contributed by atoms with E-state index >= 15 is 4.39 Å². The van der Waals surface area contributed by atoms with E-state index in [1.807, 2.05) is 0 Å². The number of benzene rings is 2. The molecule has 2 aliphatic heterocycles. The van der Waals surface area contributed by atoms with Crippen LogP contribution in [0.4, 0.5) is 14.6 Å². The Bertz CT molecular complexity index is 1860. The third-order valence-electron chi connectivity index (χ3n) is 8.43. The molecule has 0 aliphatic carbocycles. The van der Waals surface area contributed by atoms with Gasteiger partial charge in [0.05, 0.1) is 31.7 Å². The number of carbonyl (C=O) groups is 1. The maximum atomic E-state index is 16.4. The van der Waals surface area contributed by atoms with Gasteiger partial charge in [-0.25, -0.2) is 8.78 Å². The molecule has 0 saturated carbocycles. The lowest BCUT2D eigenvalue weighted by atomic mass is 9.96. The van der Waals surface area contributed by atoms with Gasteiger partial charge in [-0.1, -0.05) is 12.0 Å². The number of nitrogens with zero attached hydrogens (tertiary/aromatic N) is 5. The molecule has 2 unspecified atom stereocenters. The minimum absolute atomic E-state index is 0.0326. The number of ether oxygens (including phenoxy) is 3. The van der Waals surface area contributed by atoms with Gasteiger partial charge in [-0.05, 0) is 43.4 Å². The maximum absolute atomic E-state index is 16.4. The number of phenols is 1. The zero-order valence-electron chi connectivity index (χ0n) is 24.3. The molecule has 2 aromatic carbocycles. The van der Waals surface area contributed by atoms with Crippen LogP contribution in [0.1, 0.15) is 25.3 Å². The molecular formula is C32H29F2N5O5. The number of rotatable bonds is 8. The van der Waals surface area contributed by atoms with Crippen molar-refractivity contribution in [3.63, 3.8) is 0 Å². The fraction of sp³-hybridized carbons (Fsp3) is 0.312. The second kappa shape index (κ2) is 11.6. The highest BCUT2D eigenvalue weighted by Crippen LogP contribution is 2.40. The number of hydrogen-bond acceptors (Lipinski definition) is 10. The fourth-order valence-electron chi connectivity index (χ4n) is 6.29. The monoisotopic (exact) mass is 601 g/mol. The van der Waals surface area contributed by atoms with Gasteiger partial charge in [0.2, 0.25) is 0 Å². The van der Waals surface area contributed by atoms with Crippen molar-refractivity contribution in [1.29, 1.82) is 0 Å². The molecule has 1 N–H and O–H groups in total. The van der Waals surface area contributed by atoms with Crippen LogP contribution < -0.4 is 9.64 Å². The highest BCUT2D eigenvalue weighted by Gasteiger charge is 2.41. The van der Waals surface area contributed by atoms with Gasteiger partial charge in [-0.15, -0.1) is 6.42 Å². The zero-order chi connectivity index (χ0) is 31.1. The third kappa shape index (κ3) is 4.89. The summed E-state index contributed by atoms with van der Waals surface area (Å²) in [5, 5.41) is 11.5. The first-order valence-corrected chi connectivity index (χ1v) is 13.9. The van der Waals surface area contributed by atoms with E-state index in [2.05, 4.69) is 30.7 Å². The van der Waals surface area contributed by atoms with E-state index in [-0.39, 0.29) is 51.6 Å². The van der Waals surface area contributed by atoms with Gasteiger partial charge in [0.25, 0.3) is 6.47 Å². The van der Waals surface area contributed by atoms with Crippen molar-refractivity contribution in [3.05, 3.63) is 59.2 Å². The summed E-state index contributed by atoms with van der Waals surface area (Å²) in [6.45, 7) is 3.69. The van der Waals surface area contributed by atoms with Crippen LogP contribution in [-0.4, -0.2) is 77.4 Å².